The maximum Gasteiger partial charge on any atom is 0.407 e. The summed E-state index contributed by atoms with van der Waals surface area (Å²) in [7, 11) is 2.58. The summed E-state index contributed by atoms with van der Waals surface area (Å²) < 4.78 is 9.63. The molecule has 7 unspecified atom stereocenters. The van der Waals surface area contributed by atoms with Crippen LogP contribution in [-0.2, 0) is 19.1 Å². The highest BCUT2D eigenvalue weighted by Gasteiger charge is 2.42. The predicted molar refractivity (Wildman–Crippen MR) is 239 cm³/mol. The summed E-state index contributed by atoms with van der Waals surface area (Å²) in [5.74, 6) is 1.20. The number of aromatic amines is 2. The number of ether oxygens (including phenoxy) is 2. The number of carbonyl (C=O) groups is 4. The standard InChI is InChI=1S/C48H59N9O6/c1-24(2)41(54-47(60)62-8)45(58)56-22-27(6)18-37(56)43-49-20-35(52-43)30-12-10-29(11-13-30)31-14-15-32(40-34-17-26(5)16-33(51-34)39(31)40)36-21-50-44(53-36)38-19-28(7)23-57(38)46(59)42(25(3)4)55-48(61)63-9/h10-15,18-21,24-26,33-34,37-38,41-42,51H,16-17,22-23H2,1-9H3,(H,49,52)(H,50,53)(H,54,60)(H,55,61). The van der Waals surface area contributed by atoms with Crippen molar-refractivity contribution in [1.82, 2.24) is 45.7 Å². The number of rotatable bonds is 11. The quantitative estimate of drug-likeness (QED) is 0.0944. The van der Waals surface area contributed by atoms with Crippen molar-refractivity contribution in [2.45, 2.75) is 97.6 Å². The van der Waals surface area contributed by atoms with E-state index in [0.717, 1.165) is 52.1 Å². The van der Waals surface area contributed by atoms with Crippen LogP contribution in [0.15, 0.2) is 72.1 Å². The molecule has 0 saturated carbocycles. The van der Waals surface area contributed by atoms with Crippen molar-refractivity contribution in [3.8, 4) is 33.6 Å². The van der Waals surface area contributed by atoms with Crippen LogP contribution in [0.1, 0.15) is 108 Å². The van der Waals surface area contributed by atoms with Gasteiger partial charge in [0.25, 0.3) is 0 Å². The van der Waals surface area contributed by atoms with E-state index in [4.69, 9.17) is 19.4 Å². The first-order chi connectivity index (χ1) is 30.1. The van der Waals surface area contributed by atoms with Gasteiger partial charge in [-0.3, -0.25) is 9.59 Å². The van der Waals surface area contributed by atoms with Crippen molar-refractivity contribution in [1.29, 1.82) is 0 Å². The van der Waals surface area contributed by atoms with E-state index in [0.29, 0.717) is 30.7 Å². The van der Waals surface area contributed by atoms with Crippen LogP contribution in [0, 0.1) is 17.8 Å². The summed E-state index contributed by atoms with van der Waals surface area (Å²) in [6, 6.07) is 11.0. The Balaban J connectivity index is 1.06. The van der Waals surface area contributed by atoms with Crippen LogP contribution in [0.4, 0.5) is 9.59 Å². The zero-order chi connectivity index (χ0) is 44.9. The second-order valence-electron chi connectivity index (χ2n) is 18.3. The second-order valence-corrected chi connectivity index (χ2v) is 18.3. The third-order valence-electron chi connectivity index (χ3n) is 13.0. The van der Waals surface area contributed by atoms with Gasteiger partial charge in [-0.2, -0.15) is 0 Å². The number of hydrogen-bond donors (Lipinski definition) is 5. The first kappa shape index (κ1) is 43.4. The lowest BCUT2D eigenvalue weighted by molar-refractivity contribution is -0.135. The van der Waals surface area contributed by atoms with Gasteiger partial charge in [0.2, 0.25) is 11.8 Å². The van der Waals surface area contributed by atoms with Crippen molar-refractivity contribution in [2.24, 2.45) is 17.8 Å². The summed E-state index contributed by atoms with van der Waals surface area (Å²) in [4.78, 5) is 72.2. The van der Waals surface area contributed by atoms with Gasteiger partial charge < -0.3 is 45.2 Å². The van der Waals surface area contributed by atoms with Gasteiger partial charge in [0.1, 0.15) is 35.8 Å². The molecule has 15 heteroatoms. The normalized spacial score (nSPS) is 22.4. The second kappa shape index (κ2) is 17.5. The Kier molecular flexibility index (Phi) is 12.1. The summed E-state index contributed by atoms with van der Waals surface area (Å²) in [6.45, 7) is 14.8. The lowest BCUT2D eigenvalue weighted by Gasteiger charge is -2.30. The van der Waals surface area contributed by atoms with E-state index in [9.17, 15) is 19.2 Å². The Morgan fingerprint density at radius 1 is 0.667 bits per heavy atom. The maximum atomic E-state index is 13.9. The SMILES string of the molecule is COC(=O)NC(C(=O)N1CC(C)=CC1c1ncc(-c2ccc(-c3ccc(-c4cnc(C5C=C(C)CN5C(=O)C(NC(=O)OC)C(C)C)[nH]4)c4c3C3CC(C)CC4N3)cc2)[nH]1)C(C)C. The van der Waals surface area contributed by atoms with E-state index >= 15 is 0 Å². The molecule has 1 saturated heterocycles. The van der Waals surface area contributed by atoms with Gasteiger partial charge in [-0.05, 0) is 72.3 Å². The number of aromatic nitrogens is 4. The fraction of sp³-hybridized carbons (Fsp3) is 0.458. The van der Waals surface area contributed by atoms with Crippen LogP contribution in [0.5, 0.6) is 0 Å². The molecule has 0 aliphatic carbocycles. The molecular weight excluding hydrogens is 799 g/mol. The number of imidazole rings is 2. The monoisotopic (exact) mass is 857 g/mol. The molecule has 0 radical (unpaired) electrons. The van der Waals surface area contributed by atoms with Crippen LogP contribution in [-0.4, -0.2) is 93.1 Å². The minimum Gasteiger partial charge on any atom is -0.453 e. The number of H-pyrrole nitrogens is 2. The Labute approximate surface area is 368 Å². The molecule has 7 atom stereocenters. The Morgan fingerprint density at radius 3 is 1.60 bits per heavy atom. The molecule has 8 rings (SSSR count). The van der Waals surface area contributed by atoms with Crippen molar-refractivity contribution < 1.29 is 28.7 Å². The fourth-order valence-corrected chi connectivity index (χ4v) is 9.84. The van der Waals surface area contributed by atoms with Gasteiger partial charge in [-0.15, -0.1) is 0 Å². The number of benzene rings is 2. The number of piperidine rings is 1. The predicted octanol–water partition coefficient (Wildman–Crippen LogP) is 7.67. The van der Waals surface area contributed by atoms with E-state index in [2.05, 4.69) is 75.3 Å². The molecule has 4 amide bonds. The molecule has 4 aromatic rings. The van der Waals surface area contributed by atoms with Crippen molar-refractivity contribution in [3.63, 3.8) is 0 Å². The van der Waals surface area contributed by atoms with E-state index in [-0.39, 0.29) is 35.7 Å². The molecule has 63 heavy (non-hydrogen) atoms. The number of hydrogen-bond acceptors (Lipinski definition) is 9. The summed E-state index contributed by atoms with van der Waals surface area (Å²) in [5, 5.41) is 9.37. The van der Waals surface area contributed by atoms with E-state index in [1.165, 1.54) is 30.9 Å². The number of amides is 4. The zero-order valence-corrected chi connectivity index (χ0v) is 37.5. The molecule has 5 N–H and O–H groups in total. The van der Waals surface area contributed by atoms with Crippen LogP contribution >= 0.6 is 0 Å². The van der Waals surface area contributed by atoms with Crippen molar-refractivity contribution >= 4 is 24.0 Å². The van der Waals surface area contributed by atoms with Crippen LogP contribution < -0.4 is 16.0 Å². The molecule has 4 aliphatic heterocycles. The Bertz CT molecular complexity index is 2470. The molecule has 4 aliphatic rings. The van der Waals surface area contributed by atoms with Crippen LogP contribution in [0.25, 0.3) is 33.6 Å². The van der Waals surface area contributed by atoms with E-state index in [1.807, 2.05) is 53.8 Å². The number of nitrogens with zero attached hydrogens (tertiary/aromatic N) is 4. The molecule has 15 nitrogen and oxygen atoms in total. The van der Waals surface area contributed by atoms with Gasteiger partial charge in [-0.25, -0.2) is 19.6 Å². The molecule has 6 heterocycles. The number of carbonyl (C=O) groups excluding carboxylic acids is 4. The molecule has 1 fully saturated rings. The van der Waals surface area contributed by atoms with E-state index in [1.54, 1.807) is 16.0 Å². The Morgan fingerprint density at radius 2 is 1.11 bits per heavy atom. The van der Waals surface area contributed by atoms with Gasteiger partial charge in [0.15, 0.2) is 0 Å². The van der Waals surface area contributed by atoms with Crippen LogP contribution in [0.2, 0.25) is 0 Å². The zero-order valence-electron chi connectivity index (χ0n) is 37.5. The average Bonchev–Trinajstić information content (AvgIpc) is 4.12. The minimum atomic E-state index is -0.744. The highest BCUT2D eigenvalue weighted by Crippen LogP contribution is 2.52. The number of nitrogens with one attached hydrogen (secondary N) is 5. The summed E-state index contributed by atoms with van der Waals surface area (Å²) in [5.41, 5.74) is 10.8. The fourth-order valence-electron chi connectivity index (χ4n) is 9.84. The number of fused-ring (bicyclic) bond motifs is 5. The first-order valence-corrected chi connectivity index (χ1v) is 21.9. The van der Waals surface area contributed by atoms with Crippen molar-refractivity contribution in [3.05, 3.63) is 94.9 Å². The Hall–Kier alpha value is -6.22. The molecule has 0 spiro atoms. The number of alkyl carbamates (subject to hydrolysis) is 2. The minimum absolute atomic E-state index is 0.144. The third-order valence-corrected chi connectivity index (χ3v) is 13.0. The summed E-state index contributed by atoms with van der Waals surface area (Å²) >= 11 is 0. The topological polar surface area (TPSA) is 187 Å². The maximum absolute atomic E-state index is 13.9. The molecule has 2 bridgehead atoms. The molecule has 332 valence electrons. The van der Waals surface area contributed by atoms with E-state index < -0.39 is 36.4 Å². The highest BCUT2D eigenvalue weighted by molar-refractivity contribution is 5.88. The molecule has 2 aromatic carbocycles. The highest BCUT2D eigenvalue weighted by atomic mass is 16.5. The lowest BCUT2D eigenvalue weighted by atomic mass is 9.88. The number of methoxy groups -OCH3 is 2. The average molecular weight is 858 g/mol. The molecular formula is C48H59N9O6. The lowest BCUT2D eigenvalue weighted by Crippen LogP contribution is -2.51. The van der Waals surface area contributed by atoms with Gasteiger partial charge in [-0.1, -0.05) is 94.3 Å². The van der Waals surface area contributed by atoms with Gasteiger partial charge in [0, 0.05) is 30.7 Å². The smallest absolute Gasteiger partial charge is 0.407 e. The van der Waals surface area contributed by atoms with Gasteiger partial charge >= 0.3 is 12.2 Å². The summed E-state index contributed by atoms with van der Waals surface area (Å²) in [6.07, 6.45) is 8.56. The van der Waals surface area contributed by atoms with Gasteiger partial charge in [0.05, 0.1) is 38.0 Å². The first-order valence-electron chi connectivity index (χ1n) is 21.9. The largest absolute Gasteiger partial charge is 0.453 e. The van der Waals surface area contributed by atoms with Crippen LogP contribution in [0.3, 0.4) is 0 Å². The molecule has 2 aromatic heterocycles. The van der Waals surface area contributed by atoms with Crippen molar-refractivity contribution in [2.75, 3.05) is 27.3 Å². The third kappa shape index (κ3) is 8.38.